The number of para-hydroxylation sites is 2. The van der Waals surface area contributed by atoms with Crippen LogP contribution in [0.25, 0.3) is 28.0 Å². The van der Waals surface area contributed by atoms with Gasteiger partial charge in [0.1, 0.15) is 0 Å². The Labute approximate surface area is 206 Å². The summed E-state index contributed by atoms with van der Waals surface area (Å²) in [6.07, 6.45) is 5.26. The number of hydrogen-bond acceptors (Lipinski definition) is 2. The van der Waals surface area contributed by atoms with Crippen molar-refractivity contribution in [1.82, 2.24) is 9.55 Å². The Morgan fingerprint density at radius 2 is 1.69 bits per heavy atom. The summed E-state index contributed by atoms with van der Waals surface area (Å²) >= 11 is 1.81. The molecule has 3 aromatic carbocycles. The molecule has 3 heterocycles. The molecule has 5 aromatic rings. The molecule has 158 valence electrons. The number of rotatable bonds is 2. The van der Waals surface area contributed by atoms with Gasteiger partial charge < -0.3 is 14.1 Å². The van der Waals surface area contributed by atoms with Crippen LogP contribution < -0.4 is 4.57 Å². The molecule has 3 nitrogen and oxygen atoms in total. The molecule has 0 saturated heterocycles. The van der Waals surface area contributed by atoms with Crippen molar-refractivity contribution < 1.29 is 24.7 Å². The summed E-state index contributed by atoms with van der Waals surface area (Å²) < 4.78 is 4.35. The number of fused-ring (bicyclic) bond motifs is 2. The molecular formula is C27H21IrN3S+. The Kier molecular flexibility index (Phi) is 6.90. The second kappa shape index (κ2) is 9.83. The van der Waals surface area contributed by atoms with Crippen LogP contribution in [0.1, 0.15) is 19.9 Å². The van der Waals surface area contributed by atoms with Crippen LogP contribution in [0.3, 0.4) is 0 Å². The van der Waals surface area contributed by atoms with Crippen molar-refractivity contribution in [2.24, 2.45) is 0 Å². The number of hydrogen-bond donors (Lipinski definition) is 0. The first-order valence-electron chi connectivity index (χ1n) is 10.3. The fourth-order valence-electron chi connectivity index (χ4n) is 3.64. The number of aromatic nitrogens is 3. The van der Waals surface area contributed by atoms with Crippen molar-refractivity contribution in [2.45, 2.75) is 29.7 Å². The Morgan fingerprint density at radius 3 is 2.44 bits per heavy atom. The fourth-order valence-corrected chi connectivity index (χ4v) is 4.71. The van der Waals surface area contributed by atoms with E-state index in [0.29, 0.717) is 6.04 Å². The molecule has 0 radical (unpaired) electrons. The van der Waals surface area contributed by atoms with Crippen molar-refractivity contribution in [3.8, 4) is 16.9 Å². The molecule has 2 aromatic heterocycles. The number of benzene rings is 3. The summed E-state index contributed by atoms with van der Waals surface area (Å²) in [5, 5.41) is 0. The molecule has 1 aliphatic rings. The molecule has 0 atom stereocenters. The third-order valence-electron chi connectivity index (χ3n) is 5.08. The van der Waals surface area contributed by atoms with Gasteiger partial charge in [-0.3, -0.25) is 0 Å². The quantitative estimate of drug-likeness (QED) is 0.174. The molecule has 0 bridgehead atoms. The van der Waals surface area contributed by atoms with Crippen molar-refractivity contribution in [1.29, 1.82) is 0 Å². The summed E-state index contributed by atoms with van der Waals surface area (Å²) in [6, 6.07) is 33.2. The first kappa shape index (κ1) is 22.5. The van der Waals surface area contributed by atoms with E-state index in [1.807, 2.05) is 66.4 Å². The van der Waals surface area contributed by atoms with E-state index in [2.05, 4.69) is 70.7 Å². The zero-order chi connectivity index (χ0) is 21.2. The van der Waals surface area contributed by atoms with Gasteiger partial charge in [0.25, 0.3) is 0 Å². The van der Waals surface area contributed by atoms with E-state index < -0.39 is 0 Å². The van der Waals surface area contributed by atoms with E-state index in [9.17, 15) is 0 Å². The van der Waals surface area contributed by atoms with Gasteiger partial charge in [-0.05, 0) is 30.5 Å². The molecule has 0 spiro atoms. The van der Waals surface area contributed by atoms with Gasteiger partial charge >= 0.3 is 20.1 Å². The Morgan fingerprint density at radius 1 is 0.875 bits per heavy atom. The Balaban J connectivity index is 0.000000164. The summed E-state index contributed by atoms with van der Waals surface area (Å²) in [5.41, 5.74) is 5.60. The first-order chi connectivity index (χ1) is 15.2. The predicted molar refractivity (Wildman–Crippen MR) is 124 cm³/mol. The standard InChI is InChI=1S/C16H13N2S.C11H8N.Ir/c1-11(2)17-10-18-12-6-3-4-8-14(12)19-15-9-5-7-13(17)16(15)18;1-2-6-10(7-3-1)11-8-4-5-9-12-11;/h3-5,7-9,11H,1-2H3;1-6,8-9H;/q2*-1;+3. The van der Waals surface area contributed by atoms with E-state index in [1.54, 1.807) is 6.20 Å². The monoisotopic (exact) mass is 612 g/mol. The van der Waals surface area contributed by atoms with Gasteiger partial charge in [-0.2, -0.15) is 36.0 Å². The first-order valence-corrected chi connectivity index (χ1v) is 11.1. The van der Waals surface area contributed by atoms with Crippen LogP contribution in [0.2, 0.25) is 0 Å². The van der Waals surface area contributed by atoms with Crippen LogP contribution in [-0.4, -0.2) is 9.55 Å². The molecule has 6 rings (SSSR count). The molecule has 32 heavy (non-hydrogen) atoms. The van der Waals surface area contributed by atoms with E-state index in [0.717, 1.165) is 16.9 Å². The van der Waals surface area contributed by atoms with E-state index in [1.165, 1.54) is 20.8 Å². The maximum atomic E-state index is 4.22. The molecule has 5 heteroatoms. The molecule has 0 saturated carbocycles. The minimum Gasteiger partial charge on any atom is -0.340 e. The van der Waals surface area contributed by atoms with Crippen LogP contribution in [0.5, 0.6) is 0 Å². The summed E-state index contributed by atoms with van der Waals surface area (Å²) in [4.78, 5) is 6.75. The van der Waals surface area contributed by atoms with Gasteiger partial charge in [0.15, 0.2) is 0 Å². The summed E-state index contributed by atoms with van der Waals surface area (Å²) in [7, 11) is 0. The fraction of sp³-hybridized carbons (Fsp3) is 0.111. The molecule has 0 amide bonds. The average molecular weight is 612 g/mol. The van der Waals surface area contributed by atoms with Gasteiger partial charge in [-0.25, -0.2) is 0 Å². The topological polar surface area (TPSA) is 21.7 Å². The van der Waals surface area contributed by atoms with Gasteiger partial charge in [-0.15, -0.1) is 35.9 Å². The van der Waals surface area contributed by atoms with Gasteiger partial charge in [0.2, 0.25) is 6.33 Å². The minimum atomic E-state index is 0. The van der Waals surface area contributed by atoms with E-state index in [4.69, 9.17) is 0 Å². The zero-order valence-corrected chi connectivity index (χ0v) is 21.0. The normalized spacial score (nSPS) is 11.3. The maximum absolute atomic E-state index is 4.22. The molecule has 0 aliphatic carbocycles. The number of nitrogens with zero attached hydrogens (tertiary/aromatic N) is 3. The third kappa shape index (κ3) is 4.29. The molecular weight excluding hydrogens is 591 g/mol. The summed E-state index contributed by atoms with van der Waals surface area (Å²) in [5.74, 6) is 0. The molecule has 0 fully saturated rings. The Bertz CT molecular complexity index is 1290. The van der Waals surface area contributed by atoms with Gasteiger partial charge in [-0.1, -0.05) is 40.9 Å². The van der Waals surface area contributed by atoms with Crippen LogP contribution in [0.4, 0.5) is 0 Å². The van der Waals surface area contributed by atoms with Gasteiger partial charge in [0.05, 0.1) is 17.1 Å². The third-order valence-corrected chi connectivity index (χ3v) is 6.17. The van der Waals surface area contributed by atoms with Crippen LogP contribution >= 0.6 is 11.8 Å². The second-order valence-electron chi connectivity index (χ2n) is 7.50. The van der Waals surface area contributed by atoms with Crippen LogP contribution in [0, 0.1) is 18.5 Å². The average Bonchev–Trinajstić information content (AvgIpc) is 3.23. The van der Waals surface area contributed by atoms with E-state index in [-0.39, 0.29) is 20.1 Å². The molecule has 0 unspecified atom stereocenters. The summed E-state index contributed by atoms with van der Waals surface area (Å²) in [6.45, 7) is 4.38. The number of pyridine rings is 1. The van der Waals surface area contributed by atoms with Crippen LogP contribution in [-0.2, 0) is 20.1 Å². The van der Waals surface area contributed by atoms with Crippen molar-refractivity contribution in [2.75, 3.05) is 0 Å². The van der Waals surface area contributed by atoms with Crippen molar-refractivity contribution in [3.63, 3.8) is 0 Å². The minimum absolute atomic E-state index is 0. The smallest absolute Gasteiger partial charge is 0.340 e. The van der Waals surface area contributed by atoms with Crippen molar-refractivity contribution >= 4 is 22.8 Å². The number of imidazole rings is 1. The molecule has 0 N–H and O–H groups in total. The largest absolute Gasteiger partial charge is 3.00 e. The second-order valence-corrected chi connectivity index (χ2v) is 8.58. The van der Waals surface area contributed by atoms with E-state index >= 15 is 0 Å². The SMILES string of the molecule is CC(C)n1[c-][n+]2c3c(cccc31)Sc1ccc[c-]c1-2.[Ir+3].[c-]1ccccc1-c1ccccn1. The Hall–Kier alpha value is -2.72. The van der Waals surface area contributed by atoms with Crippen LogP contribution in [0.15, 0.2) is 94.9 Å². The van der Waals surface area contributed by atoms with Crippen molar-refractivity contribution in [3.05, 3.63) is 104 Å². The molecule has 1 aliphatic heterocycles. The zero-order valence-electron chi connectivity index (χ0n) is 17.7. The maximum Gasteiger partial charge on any atom is 3.00 e. The van der Waals surface area contributed by atoms with Gasteiger partial charge in [0, 0.05) is 6.20 Å². The predicted octanol–water partition coefficient (Wildman–Crippen LogP) is 6.11.